The van der Waals surface area contributed by atoms with Crippen LogP contribution < -0.4 is 16.4 Å². The Balaban J connectivity index is 2.10. The highest BCUT2D eigenvalue weighted by Crippen LogP contribution is 2.28. The van der Waals surface area contributed by atoms with Crippen LogP contribution in [0.2, 0.25) is 0 Å². The summed E-state index contributed by atoms with van der Waals surface area (Å²) >= 11 is 0. The fourth-order valence-electron chi connectivity index (χ4n) is 2.31. The Morgan fingerprint density at radius 2 is 1.73 bits per heavy atom. The van der Waals surface area contributed by atoms with Crippen LogP contribution in [-0.2, 0) is 6.18 Å². The second kappa shape index (κ2) is 7.42. The summed E-state index contributed by atoms with van der Waals surface area (Å²) in [6.45, 7) is 3.07. The van der Waals surface area contributed by atoms with Gasteiger partial charge < -0.3 is 16.4 Å². The molecule has 4 N–H and O–H groups in total. The highest BCUT2D eigenvalue weighted by Gasteiger charge is 2.33. The fourth-order valence-corrected chi connectivity index (χ4v) is 2.31. The van der Waals surface area contributed by atoms with E-state index in [1.807, 2.05) is 0 Å². The fraction of sp³-hybridized carbons (Fsp3) is 0.235. The van der Waals surface area contributed by atoms with Crippen molar-refractivity contribution in [1.29, 1.82) is 0 Å². The van der Waals surface area contributed by atoms with E-state index < -0.39 is 29.9 Å². The van der Waals surface area contributed by atoms with Gasteiger partial charge in [0.15, 0.2) is 0 Å². The van der Waals surface area contributed by atoms with Crippen molar-refractivity contribution in [2.24, 2.45) is 5.73 Å². The average molecular weight is 366 g/mol. The smallest absolute Gasteiger partial charge is 0.351 e. The molecule has 26 heavy (non-hydrogen) atoms. The molecule has 0 aliphatic heterocycles. The summed E-state index contributed by atoms with van der Waals surface area (Å²) in [5.41, 5.74) is 5.28. The van der Waals surface area contributed by atoms with Crippen molar-refractivity contribution in [3.63, 3.8) is 0 Å². The Labute approximate surface area is 147 Å². The molecule has 1 unspecified atom stereocenters. The Kier molecular flexibility index (Phi) is 5.49. The number of halogens is 3. The number of nitrogens with one attached hydrogen (secondary N) is 2. The number of aryl methyl sites for hydroxylation is 1. The number of aromatic nitrogens is 1. The zero-order valence-corrected chi connectivity index (χ0v) is 14.0. The number of carbonyl (C=O) groups excluding carboxylic acids is 2. The molecular weight excluding hydrogens is 349 g/mol. The summed E-state index contributed by atoms with van der Waals surface area (Å²) in [4.78, 5) is 26.5. The van der Waals surface area contributed by atoms with Gasteiger partial charge in [-0.15, -0.1) is 0 Å². The van der Waals surface area contributed by atoms with Gasteiger partial charge in [-0.3, -0.25) is 4.79 Å². The molecule has 0 aliphatic rings. The Morgan fingerprint density at radius 3 is 2.23 bits per heavy atom. The van der Waals surface area contributed by atoms with Gasteiger partial charge in [-0.05, 0) is 43.7 Å². The lowest BCUT2D eigenvalue weighted by molar-refractivity contribution is -0.141. The number of carbonyl (C=O) groups is 2. The quantitative estimate of drug-likeness (QED) is 0.774. The first-order valence-electron chi connectivity index (χ1n) is 7.60. The molecule has 0 saturated carbocycles. The molecule has 0 saturated heterocycles. The van der Waals surface area contributed by atoms with Crippen LogP contribution in [0.1, 0.15) is 40.3 Å². The van der Waals surface area contributed by atoms with Crippen LogP contribution in [0.4, 0.5) is 23.7 Å². The van der Waals surface area contributed by atoms with Crippen LogP contribution in [0.3, 0.4) is 0 Å². The zero-order valence-electron chi connectivity index (χ0n) is 14.0. The van der Waals surface area contributed by atoms with Gasteiger partial charge in [-0.1, -0.05) is 12.1 Å². The van der Waals surface area contributed by atoms with E-state index >= 15 is 0 Å². The number of hydrogen-bond acceptors (Lipinski definition) is 3. The number of nitrogens with zero attached hydrogens (tertiary/aromatic N) is 1. The molecule has 0 spiro atoms. The molecule has 2 aromatic rings. The first kappa shape index (κ1) is 19.2. The highest BCUT2D eigenvalue weighted by atomic mass is 19.4. The molecule has 3 amide bonds. The number of amides is 3. The average Bonchev–Trinajstić information content (AvgIpc) is 2.53. The number of nitrogens with two attached hydrogens (primary N) is 1. The van der Waals surface area contributed by atoms with Gasteiger partial charge in [0, 0.05) is 5.69 Å². The van der Waals surface area contributed by atoms with E-state index in [1.165, 1.54) is 6.92 Å². The van der Waals surface area contributed by atoms with Crippen molar-refractivity contribution >= 4 is 17.6 Å². The summed E-state index contributed by atoms with van der Waals surface area (Å²) in [6, 6.07) is 7.39. The first-order chi connectivity index (χ1) is 12.1. The lowest BCUT2D eigenvalue weighted by atomic mass is 10.1. The van der Waals surface area contributed by atoms with Crippen LogP contribution in [0, 0.1) is 6.92 Å². The number of rotatable bonds is 4. The third-order valence-electron chi connectivity index (χ3n) is 3.65. The van der Waals surface area contributed by atoms with Crippen LogP contribution in [-0.4, -0.2) is 16.9 Å². The SMILES string of the molecule is Cc1nc(C(F)(F)F)ccc1C(=O)NC(C)c1ccc(NC(N)=O)cc1. The standard InChI is InChI=1S/C17H17F3N4O2/c1-9(11-3-5-12(6-4-11)24-16(21)26)23-15(25)13-7-8-14(17(18,19)20)22-10(13)2/h3-9H,1-2H3,(H,23,25)(H3,21,24,26). The summed E-state index contributed by atoms with van der Waals surface area (Å²) in [6.07, 6.45) is -4.56. The Hall–Kier alpha value is -3.10. The normalized spacial score (nSPS) is 12.3. The van der Waals surface area contributed by atoms with E-state index in [0.717, 1.165) is 17.7 Å². The Bertz CT molecular complexity index is 820. The molecule has 0 aliphatic carbocycles. The molecule has 9 heteroatoms. The molecule has 2 rings (SSSR count). The largest absolute Gasteiger partial charge is 0.433 e. The summed E-state index contributed by atoms with van der Waals surface area (Å²) < 4.78 is 37.9. The summed E-state index contributed by atoms with van der Waals surface area (Å²) in [5, 5.41) is 5.11. The maximum atomic E-state index is 12.6. The molecule has 0 fully saturated rings. The molecule has 6 nitrogen and oxygen atoms in total. The second-order valence-corrected chi connectivity index (χ2v) is 5.63. The topological polar surface area (TPSA) is 97.1 Å². The highest BCUT2D eigenvalue weighted by molar-refractivity contribution is 5.95. The zero-order chi connectivity index (χ0) is 19.5. The van der Waals surface area contributed by atoms with Crippen LogP contribution in [0.15, 0.2) is 36.4 Å². The number of benzene rings is 1. The molecule has 0 radical (unpaired) electrons. The molecule has 1 heterocycles. The van der Waals surface area contributed by atoms with Crippen molar-refractivity contribution in [3.8, 4) is 0 Å². The monoisotopic (exact) mass is 366 g/mol. The number of urea groups is 1. The van der Waals surface area contributed by atoms with Gasteiger partial charge in [0.05, 0.1) is 17.3 Å². The minimum absolute atomic E-state index is 0.00877. The van der Waals surface area contributed by atoms with Crippen LogP contribution in [0.5, 0.6) is 0 Å². The number of anilines is 1. The molecule has 1 aromatic heterocycles. The van der Waals surface area contributed by atoms with Crippen molar-refractivity contribution in [3.05, 3.63) is 58.9 Å². The van der Waals surface area contributed by atoms with E-state index in [1.54, 1.807) is 31.2 Å². The minimum atomic E-state index is -4.56. The van der Waals surface area contributed by atoms with Crippen molar-refractivity contribution in [2.45, 2.75) is 26.1 Å². The van der Waals surface area contributed by atoms with Gasteiger partial charge >= 0.3 is 12.2 Å². The number of hydrogen-bond donors (Lipinski definition) is 3. The maximum Gasteiger partial charge on any atom is 0.433 e. The van der Waals surface area contributed by atoms with E-state index in [-0.39, 0.29) is 11.3 Å². The number of alkyl halides is 3. The minimum Gasteiger partial charge on any atom is -0.351 e. The molecule has 1 atom stereocenters. The van der Waals surface area contributed by atoms with Crippen molar-refractivity contribution in [2.75, 3.05) is 5.32 Å². The maximum absolute atomic E-state index is 12.6. The number of primary amides is 1. The van der Waals surface area contributed by atoms with Gasteiger partial charge in [0.2, 0.25) is 0 Å². The molecule has 1 aromatic carbocycles. The predicted molar refractivity (Wildman–Crippen MR) is 89.5 cm³/mol. The third kappa shape index (κ3) is 4.71. The van der Waals surface area contributed by atoms with Gasteiger partial charge in [0.25, 0.3) is 5.91 Å². The Morgan fingerprint density at radius 1 is 1.12 bits per heavy atom. The van der Waals surface area contributed by atoms with Gasteiger partial charge in [-0.2, -0.15) is 13.2 Å². The van der Waals surface area contributed by atoms with Crippen molar-refractivity contribution < 1.29 is 22.8 Å². The molecular formula is C17H17F3N4O2. The van der Waals surface area contributed by atoms with Crippen molar-refractivity contribution in [1.82, 2.24) is 10.3 Å². The van der Waals surface area contributed by atoms with E-state index in [4.69, 9.17) is 5.73 Å². The van der Waals surface area contributed by atoms with Crippen LogP contribution in [0.25, 0.3) is 0 Å². The molecule has 138 valence electrons. The van der Waals surface area contributed by atoms with Crippen LogP contribution >= 0.6 is 0 Å². The predicted octanol–water partition coefficient (Wildman–Crippen LogP) is 3.39. The lowest BCUT2D eigenvalue weighted by Gasteiger charge is -2.16. The van der Waals surface area contributed by atoms with E-state index in [2.05, 4.69) is 15.6 Å². The second-order valence-electron chi connectivity index (χ2n) is 5.63. The van der Waals surface area contributed by atoms with E-state index in [9.17, 15) is 22.8 Å². The summed E-state index contributed by atoms with van der Waals surface area (Å²) in [5.74, 6) is -0.532. The van der Waals surface area contributed by atoms with E-state index in [0.29, 0.717) is 5.69 Å². The molecule has 0 bridgehead atoms. The first-order valence-corrected chi connectivity index (χ1v) is 7.60. The lowest BCUT2D eigenvalue weighted by Crippen LogP contribution is -2.28. The number of pyridine rings is 1. The third-order valence-corrected chi connectivity index (χ3v) is 3.65. The van der Waals surface area contributed by atoms with Gasteiger partial charge in [0.1, 0.15) is 5.69 Å². The van der Waals surface area contributed by atoms with Gasteiger partial charge in [-0.25, -0.2) is 9.78 Å². The summed E-state index contributed by atoms with van der Waals surface area (Å²) in [7, 11) is 0.